The van der Waals surface area contributed by atoms with Gasteiger partial charge in [0.05, 0.1) is 45.6 Å². The lowest BCUT2D eigenvalue weighted by atomic mass is 9.49. The van der Waals surface area contributed by atoms with Crippen molar-refractivity contribution in [1.82, 2.24) is 0 Å². The maximum Gasteiger partial charge on any atom is 0.253 e. The molecule has 2 spiro atoms. The van der Waals surface area contributed by atoms with E-state index in [4.69, 9.17) is 18.9 Å². The van der Waals surface area contributed by atoms with Gasteiger partial charge in [-0.2, -0.15) is 0 Å². The number of hydrogen-bond acceptors (Lipinski definition) is 18. The Morgan fingerprint density at radius 2 is 0.793 bits per heavy atom. The SMILES string of the molecule is Cc1cc(O)c2c(c1)C(=O)c1ccc3c(c1C2=O)O[C@@]12O[C@H](C)[C@H]4[C@@](C)(O)C(=O)C=C(C(=O)c5c(O)cccc51)[C@]342.Cc1cc(O)c2c(c1)C(=O)c1ccc3c(c1C2=O)O[C@@]12O[C@H](C)[C@H]4[C@@](C)(O)C(=O)C=C(C(=O)c5c(O)cccc51)[C@]342. The Labute approximate surface area is 463 Å². The summed E-state index contributed by atoms with van der Waals surface area (Å²) in [5.41, 5.74) is -5.67. The third kappa shape index (κ3) is 5.15. The van der Waals surface area contributed by atoms with E-state index in [1.165, 1.54) is 62.4 Å². The number of rotatable bonds is 0. The molecule has 0 saturated carbocycles. The molecule has 10 atom stereocenters. The number of fused-ring (bicyclic) bond motifs is 10. The van der Waals surface area contributed by atoms with Crippen LogP contribution in [-0.2, 0) is 41.5 Å². The van der Waals surface area contributed by atoms with Gasteiger partial charge in [0.2, 0.25) is 11.6 Å². The number of phenolic OH excluding ortho intramolecular Hbond substituents is 4. The lowest BCUT2D eigenvalue weighted by Gasteiger charge is -2.50. The van der Waals surface area contributed by atoms with Crippen LogP contribution < -0.4 is 9.47 Å². The van der Waals surface area contributed by atoms with Crippen LogP contribution in [0.3, 0.4) is 0 Å². The summed E-state index contributed by atoms with van der Waals surface area (Å²) in [5, 5.41) is 66.5. The van der Waals surface area contributed by atoms with Crippen molar-refractivity contribution in [1.29, 1.82) is 0 Å². The number of benzene rings is 6. The zero-order valence-corrected chi connectivity index (χ0v) is 44.1. The van der Waals surface area contributed by atoms with Crippen LogP contribution in [0, 0.1) is 25.7 Å². The molecular weight excluding hydrogens is 1060 g/mol. The van der Waals surface area contributed by atoms with Gasteiger partial charge in [0.15, 0.2) is 34.7 Å². The van der Waals surface area contributed by atoms with Gasteiger partial charge in [-0.3, -0.25) is 38.4 Å². The second-order valence-electron chi connectivity index (χ2n) is 23.3. The lowest BCUT2D eigenvalue weighted by molar-refractivity contribution is -0.189. The Bertz CT molecular complexity index is 4100. The van der Waals surface area contributed by atoms with Crippen molar-refractivity contribution in [2.24, 2.45) is 11.8 Å². The summed E-state index contributed by atoms with van der Waals surface area (Å²) >= 11 is 0. The topological polar surface area (TPSA) is 295 Å². The summed E-state index contributed by atoms with van der Waals surface area (Å²) in [5.74, 6) is -12.2. The fourth-order valence-electron chi connectivity index (χ4n) is 16.2. The monoisotopic (exact) mass is 1100 g/mol. The van der Waals surface area contributed by atoms with Gasteiger partial charge in [0, 0.05) is 67.5 Å². The number of phenols is 4. The lowest BCUT2D eigenvalue weighted by Crippen LogP contribution is -2.64. The van der Waals surface area contributed by atoms with Crippen LogP contribution in [0.4, 0.5) is 0 Å². The molecule has 18 nitrogen and oxygen atoms in total. The number of ether oxygens (including phenoxy) is 4. The van der Waals surface area contributed by atoms with Crippen LogP contribution in [0.5, 0.6) is 34.5 Å². The van der Waals surface area contributed by atoms with Gasteiger partial charge < -0.3 is 49.6 Å². The molecule has 6 aliphatic carbocycles. The van der Waals surface area contributed by atoms with Crippen molar-refractivity contribution in [3.8, 4) is 34.5 Å². The summed E-state index contributed by atoms with van der Waals surface area (Å²) in [7, 11) is 0. The summed E-state index contributed by atoms with van der Waals surface area (Å²) in [6.07, 6.45) is 0.513. The molecule has 16 rings (SSSR count). The van der Waals surface area contributed by atoms with Crippen molar-refractivity contribution in [2.45, 2.75) is 87.4 Å². The molecule has 2 saturated heterocycles. The highest BCUT2D eigenvalue weighted by Gasteiger charge is 2.84. The van der Waals surface area contributed by atoms with Crippen molar-refractivity contribution in [3.63, 3.8) is 0 Å². The third-order valence-electron chi connectivity index (χ3n) is 19.0. The first-order valence-electron chi connectivity index (χ1n) is 26.4. The van der Waals surface area contributed by atoms with E-state index in [0.717, 1.165) is 12.2 Å². The quantitative estimate of drug-likeness (QED) is 0.0969. The summed E-state index contributed by atoms with van der Waals surface area (Å²) < 4.78 is 26.5. The van der Waals surface area contributed by atoms with Gasteiger partial charge in [0.1, 0.15) is 56.5 Å². The standard InChI is InChI=1S/2C32H22O9/c2*1-12-9-15-22(20(34)10-12)27(38)23-14(25(15)36)7-8-17-28(23)41-32-16-5-4-6-19(33)24(16)26(37)18-11-21(35)30(3,39)29(13(2)40-32)31(17,18)32/h2*4-11,13,29,33-34,39H,1-3H3/t2*13-,29+,30+,31-,32+/m11/s1. The first kappa shape index (κ1) is 49.8. The normalized spacial score (nSPS) is 31.9. The van der Waals surface area contributed by atoms with Gasteiger partial charge in [-0.15, -0.1) is 0 Å². The van der Waals surface area contributed by atoms with Crippen LogP contribution in [0.15, 0.2) is 108 Å². The molecule has 6 aromatic rings. The van der Waals surface area contributed by atoms with Crippen LogP contribution in [-0.4, -0.2) is 100 Å². The fraction of sp³-hybridized carbons (Fsp3) is 0.250. The van der Waals surface area contributed by atoms with Gasteiger partial charge >= 0.3 is 0 Å². The van der Waals surface area contributed by atoms with E-state index in [9.17, 15) is 69.0 Å². The first-order chi connectivity index (χ1) is 38.7. The van der Waals surface area contributed by atoms with Gasteiger partial charge in [-0.25, -0.2) is 0 Å². The minimum Gasteiger partial charge on any atom is -0.507 e. The molecular formula is C64H44O18. The van der Waals surface area contributed by atoms with E-state index in [1.54, 1.807) is 64.1 Å². The predicted octanol–water partition coefficient (Wildman–Crippen LogP) is 6.31. The molecule has 10 aliphatic rings. The number of aliphatic hydroxyl groups is 2. The molecule has 6 aromatic carbocycles. The molecule has 0 bridgehead atoms. The maximum absolute atomic E-state index is 14.1. The molecule has 2 fully saturated rings. The molecule has 82 heavy (non-hydrogen) atoms. The molecule has 0 aromatic heterocycles. The Hall–Kier alpha value is -9.20. The zero-order valence-electron chi connectivity index (χ0n) is 44.1. The maximum atomic E-state index is 14.1. The summed E-state index contributed by atoms with van der Waals surface area (Å²) in [6, 6.07) is 20.9. The molecule has 408 valence electrons. The van der Waals surface area contributed by atoms with Crippen LogP contribution in [0.25, 0.3) is 0 Å². The third-order valence-corrected chi connectivity index (χ3v) is 19.0. The van der Waals surface area contributed by atoms with Gasteiger partial charge in [0.25, 0.3) is 11.6 Å². The van der Waals surface area contributed by atoms with Crippen molar-refractivity contribution >= 4 is 46.3 Å². The van der Waals surface area contributed by atoms with E-state index in [2.05, 4.69) is 0 Å². The zero-order chi connectivity index (χ0) is 57.9. The predicted molar refractivity (Wildman–Crippen MR) is 281 cm³/mol. The highest BCUT2D eigenvalue weighted by molar-refractivity contribution is 6.32. The fourth-order valence-corrected chi connectivity index (χ4v) is 16.2. The number of ketones is 8. The molecule has 0 radical (unpaired) electrons. The Balaban J connectivity index is 0.000000140. The second kappa shape index (κ2) is 15.0. The second-order valence-corrected chi connectivity index (χ2v) is 23.3. The number of hydrogen-bond donors (Lipinski definition) is 6. The van der Waals surface area contributed by atoms with E-state index < -0.39 is 104 Å². The Morgan fingerprint density at radius 1 is 0.415 bits per heavy atom. The molecule has 0 amide bonds. The minimum atomic E-state index is -2.00. The highest BCUT2D eigenvalue weighted by Crippen LogP contribution is 2.75. The number of aromatic hydroxyl groups is 4. The molecule has 6 N–H and O–H groups in total. The van der Waals surface area contributed by atoms with E-state index >= 15 is 0 Å². The number of carbonyl (C=O) groups excluding carboxylic acids is 8. The average Bonchev–Trinajstić information content (AvgIpc) is 1.54. The molecule has 4 heterocycles. The highest BCUT2D eigenvalue weighted by atomic mass is 16.7. The number of aryl methyl sites for hydroxylation is 2. The van der Waals surface area contributed by atoms with Crippen molar-refractivity contribution < 1.29 is 87.9 Å². The summed E-state index contributed by atoms with van der Waals surface area (Å²) in [6.45, 7) is 9.46. The summed E-state index contributed by atoms with van der Waals surface area (Å²) in [4.78, 5) is 110. The minimum absolute atomic E-state index is 0.0375. The number of Topliss-reactive ketones (excluding diaryl/α,β-unsaturated/α-hetero) is 2. The van der Waals surface area contributed by atoms with Crippen molar-refractivity contribution in [3.05, 3.63) is 197 Å². The van der Waals surface area contributed by atoms with E-state index in [-0.39, 0.29) is 112 Å². The van der Waals surface area contributed by atoms with Crippen molar-refractivity contribution in [2.75, 3.05) is 0 Å². The largest absolute Gasteiger partial charge is 0.507 e. The Kier molecular flexibility index (Phi) is 9.12. The van der Waals surface area contributed by atoms with Crippen LogP contribution in [0.1, 0.15) is 145 Å². The van der Waals surface area contributed by atoms with Gasteiger partial charge in [-0.1, -0.05) is 36.4 Å². The smallest absolute Gasteiger partial charge is 0.253 e. The van der Waals surface area contributed by atoms with E-state index in [0.29, 0.717) is 22.3 Å². The molecule has 18 heteroatoms. The molecule has 4 aliphatic heterocycles. The first-order valence-corrected chi connectivity index (χ1v) is 26.4. The van der Waals surface area contributed by atoms with E-state index in [1.807, 2.05) is 0 Å². The average molecular weight is 1100 g/mol. The van der Waals surface area contributed by atoms with Crippen LogP contribution in [0.2, 0.25) is 0 Å². The Morgan fingerprint density at radius 3 is 1.17 bits per heavy atom. The molecule has 0 unspecified atom stereocenters. The number of carbonyl (C=O) groups is 8. The van der Waals surface area contributed by atoms with Gasteiger partial charge in [-0.05, 0) is 113 Å². The van der Waals surface area contributed by atoms with Crippen LogP contribution >= 0.6 is 0 Å².